The maximum atomic E-state index is 10.9. The van der Waals surface area contributed by atoms with Crippen LogP contribution in [-0.2, 0) is 0 Å². The van der Waals surface area contributed by atoms with Gasteiger partial charge >= 0.3 is 0 Å². The van der Waals surface area contributed by atoms with Crippen molar-refractivity contribution < 1.29 is 10.2 Å². The molecule has 2 nitrogen and oxygen atoms in total. The fourth-order valence-electron chi connectivity index (χ4n) is 7.60. The lowest BCUT2D eigenvalue weighted by molar-refractivity contribution is -0.164. The Kier molecular flexibility index (Phi) is 3.74. The lowest BCUT2D eigenvalue weighted by Gasteiger charge is -2.61. The van der Waals surface area contributed by atoms with Crippen molar-refractivity contribution in [1.82, 2.24) is 0 Å². The molecule has 0 amide bonds. The zero-order valence-electron chi connectivity index (χ0n) is 15.1. The Morgan fingerprint density at radius 2 is 1.74 bits per heavy atom. The SMILES string of the molecule is C/C=C1/CC[C@H]2[C@@H]3C[C@@H](O)[C@H]4C[C@@H](O)CC[C@]4(C)[C@H]3CC[C@]12C. The summed E-state index contributed by atoms with van der Waals surface area (Å²) in [4.78, 5) is 0. The van der Waals surface area contributed by atoms with E-state index < -0.39 is 0 Å². The van der Waals surface area contributed by atoms with Gasteiger partial charge in [-0.05, 0) is 92.8 Å². The third-order valence-corrected chi connectivity index (χ3v) is 8.85. The van der Waals surface area contributed by atoms with Gasteiger partial charge in [0, 0.05) is 0 Å². The molecule has 0 aromatic rings. The minimum Gasteiger partial charge on any atom is -0.393 e. The lowest BCUT2D eigenvalue weighted by Crippen LogP contribution is -2.57. The molecule has 0 bridgehead atoms. The van der Waals surface area contributed by atoms with E-state index in [1.807, 2.05) is 0 Å². The summed E-state index contributed by atoms with van der Waals surface area (Å²) in [6.07, 6.45) is 11.1. The van der Waals surface area contributed by atoms with E-state index in [1.165, 1.54) is 25.7 Å². The maximum Gasteiger partial charge on any atom is 0.0577 e. The summed E-state index contributed by atoms with van der Waals surface area (Å²) >= 11 is 0. The Bertz CT molecular complexity index is 512. The summed E-state index contributed by atoms with van der Waals surface area (Å²) in [5.41, 5.74) is 2.33. The van der Waals surface area contributed by atoms with Crippen LogP contribution in [0.15, 0.2) is 11.6 Å². The molecule has 0 aliphatic heterocycles. The number of hydrogen-bond acceptors (Lipinski definition) is 2. The van der Waals surface area contributed by atoms with E-state index in [2.05, 4.69) is 26.8 Å². The Morgan fingerprint density at radius 1 is 0.957 bits per heavy atom. The average Bonchev–Trinajstić information content (AvgIpc) is 2.86. The van der Waals surface area contributed by atoms with Crippen LogP contribution in [-0.4, -0.2) is 22.4 Å². The first-order chi connectivity index (χ1) is 10.9. The number of fused-ring (bicyclic) bond motifs is 5. The highest BCUT2D eigenvalue weighted by molar-refractivity contribution is 5.24. The van der Waals surface area contributed by atoms with E-state index in [4.69, 9.17) is 0 Å². The van der Waals surface area contributed by atoms with Crippen molar-refractivity contribution >= 4 is 0 Å². The van der Waals surface area contributed by atoms with Crippen LogP contribution in [0.25, 0.3) is 0 Å². The zero-order chi connectivity index (χ0) is 16.4. The molecule has 0 saturated heterocycles. The summed E-state index contributed by atoms with van der Waals surface area (Å²) in [6.45, 7) is 7.16. The second-order valence-corrected chi connectivity index (χ2v) is 9.53. The van der Waals surface area contributed by atoms with Crippen LogP contribution in [0.5, 0.6) is 0 Å². The molecule has 0 heterocycles. The molecule has 0 aromatic heterocycles. The molecule has 4 aliphatic carbocycles. The second-order valence-electron chi connectivity index (χ2n) is 9.53. The van der Waals surface area contributed by atoms with Crippen molar-refractivity contribution in [2.45, 2.75) is 84.3 Å². The fourth-order valence-corrected chi connectivity index (χ4v) is 7.60. The summed E-state index contributed by atoms with van der Waals surface area (Å²) in [7, 11) is 0. The van der Waals surface area contributed by atoms with Gasteiger partial charge in [-0.15, -0.1) is 0 Å². The van der Waals surface area contributed by atoms with Gasteiger partial charge < -0.3 is 10.2 Å². The van der Waals surface area contributed by atoms with Crippen LogP contribution in [0.2, 0.25) is 0 Å². The van der Waals surface area contributed by atoms with Gasteiger partial charge in [0.25, 0.3) is 0 Å². The van der Waals surface area contributed by atoms with Gasteiger partial charge in [-0.3, -0.25) is 0 Å². The minimum absolute atomic E-state index is 0.186. The van der Waals surface area contributed by atoms with Crippen LogP contribution in [0, 0.1) is 34.5 Å². The molecular formula is C21H34O2. The maximum absolute atomic E-state index is 10.9. The van der Waals surface area contributed by atoms with Crippen LogP contribution in [0.3, 0.4) is 0 Å². The molecule has 4 fully saturated rings. The molecule has 4 aliphatic rings. The van der Waals surface area contributed by atoms with Crippen molar-refractivity contribution in [1.29, 1.82) is 0 Å². The summed E-state index contributed by atoms with van der Waals surface area (Å²) in [5.74, 6) is 2.54. The van der Waals surface area contributed by atoms with Gasteiger partial charge in [0.05, 0.1) is 12.2 Å². The van der Waals surface area contributed by atoms with E-state index in [9.17, 15) is 10.2 Å². The molecule has 8 atom stereocenters. The van der Waals surface area contributed by atoms with Crippen molar-refractivity contribution in [2.75, 3.05) is 0 Å². The van der Waals surface area contributed by atoms with Gasteiger partial charge in [0.1, 0.15) is 0 Å². The van der Waals surface area contributed by atoms with Gasteiger partial charge in [0.15, 0.2) is 0 Å². The first-order valence-electron chi connectivity index (χ1n) is 9.92. The normalized spacial score (nSPS) is 57.7. The molecule has 0 spiro atoms. The molecule has 23 heavy (non-hydrogen) atoms. The number of hydrogen-bond donors (Lipinski definition) is 2. The molecule has 0 aromatic carbocycles. The molecular weight excluding hydrogens is 284 g/mol. The minimum atomic E-state index is -0.201. The van der Waals surface area contributed by atoms with Crippen molar-refractivity contribution in [3.63, 3.8) is 0 Å². The zero-order valence-corrected chi connectivity index (χ0v) is 15.1. The van der Waals surface area contributed by atoms with Crippen molar-refractivity contribution in [2.24, 2.45) is 34.5 Å². The third-order valence-electron chi connectivity index (χ3n) is 8.85. The monoisotopic (exact) mass is 318 g/mol. The number of allylic oxidation sites excluding steroid dienone is 2. The van der Waals surface area contributed by atoms with E-state index in [-0.39, 0.29) is 17.6 Å². The topological polar surface area (TPSA) is 40.5 Å². The first-order valence-corrected chi connectivity index (χ1v) is 9.92. The van der Waals surface area contributed by atoms with Gasteiger partial charge in [-0.1, -0.05) is 25.5 Å². The molecule has 130 valence electrons. The summed E-state index contributed by atoms with van der Waals surface area (Å²) in [5, 5.41) is 21.0. The second kappa shape index (κ2) is 5.33. The van der Waals surface area contributed by atoms with Crippen LogP contribution in [0.4, 0.5) is 0 Å². The quantitative estimate of drug-likeness (QED) is 0.654. The molecule has 2 N–H and O–H groups in total. The summed E-state index contributed by atoms with van der Waals surface area (Å²) < 4.78 is 0. The predicted molar refractivity (Wildman–Crippen MR) is 92.9 cm³/mol. The molecule has 4 rings (SSSR count). The predicted octanol–water partition coefficient (Wildman–Crippen LogP) is 4.31. The highest BCUT2D eigenvalue weighted by Gasteiger charge is 2.60. The Balaban J connectivity index is 1.67. The van der Waals surface area contributed by atoms with E-state index in [0.29, 0.717) is 17.3 Å². The van der Waals surface area contributed by atoms with Gasteiger partial charge in [0.2, 0.25) is 0 Å². The van der Waals surface area contributed by atoms with Crippen LogP contribution in [0.1, 0.15) is 72.1 Å². The largest absolute Gasteiger partial charge is 0.393 e. The fraction of sp³-hybridized carbons (Fsp3) is 0.905. The Hall–Kier alpha value is -0.340. The number of aliphatic hydroxyl groups excluding tert-OH is 2. The Morgan fingerprint density at radius 3 is 2.48 bits per heavy atom. The third kappa shape index (κ3) is 2.13. The van der Waals surface area contributed by atoms with E-state index in [0.717, 1.165) is 37.5 Å². The number of aliphatic hydroxyl groups is 2. The summed E-state index contributed by atoms with van der Waals surface area (Å²) in [6, 6.07) is 0. The van der Waals surface area contributed by atoms with Crippen LogP contribution < -0.4 is 0 Å². The average molecular weight is 319 g/mol. The van der Waals surface area contributed by atoms with Gasteiger partial charge in [-0.2, -0.15) is 0 Å². The Labute approximate surface area is 141 Å². The first kappa shape index (κ1) is 16.1. The van der Waals surface area contributed by atoms with Crippen molar-refractivity contribution in [3.8, 4) is 0 Å². The van der Waals surface area contributed by atoms with Crippen LogP contribution >= 0.6 is 0 Å². The molecule has 2 heteroatoms. The van der Waals surface area contributed by atoms with E-state index in [1.54, 1.807) is 5.57 Å². The molecule has 4 saturated carbocycles. The highest BCUT2D eigenvalue weighted by Crippen LogP contribution is 2.67. The van der Waals surface area contributed by atoms with Gasteiger partial charge in [-0.25, -0.2) is 0 Å². The highest BCUT2D eigenvalue weighted by atomic mass is 16.3. The lowest BCUT2D eigenvalue weighted by atomic mass is 9.44. The van der Waals surface area contributed by atoms with Crippen molar-refractivity contribution in [3.05, 3.63) is 11.6 Å². The smallest absolute Gasteiger partial charge is 0.0577 e. The molecule has 0 radical (unpaired) electrons. The standard InChI is InChI=1S/C21H34O2/c1-4-13-5-6-16-15-12-19(23)18-11-14(22)7-9-21(18,3)17(15)8-10-20(13,16)2/h4,14-19,22-23H,5-12H2,1-3H3/b13-4-/t14-,15-,16-,17-,18+,19+,20+,21+/m0/s1. The van der Waals surface area contributed by atoms with E-state index >= 15 is 0 Å². The number of rotatable bonds is 0. The molecule has 0 unspecified atom stereocenters.